The highest BCUT2D eigenvalue weighted by Gasteiger charge is 2.28. The number of nitrogens with zero attached hydrogens (tertiary/aromatic N) is 1. The van der Waals surface area contributed by atoms with E-state index in [9.17, 15) is 23.3 Å². The Labute approximate surface area is 115 Å². The van der Waals surface area contributed by atoms with Crippen molar-refractivity contribution in [2.45, 2.75) is 17.9 Å². The number of hydrogen-bond donors (Lipinski definition) is 3. The molecule has 0 fully saturated rings. The first kappa shape index (κ1) is 15.9. The van der Waals surface area contributed by atoms with Crippen molar-refractivity contribution < 1.29 is 18.1 Å². The molecule has 0 bridgehead atoms. The summed E-state index contributed by atoms with van der Waals surface area (Å²) in [5.41, 5.74) is 4.89. The van der Waals surface area contributed by atoms with Gasteiger partial charge in [-0.1, -0.05) is 0 Å². The van der Waals surface area contributed by atoms with Gasteiger partial charge in [0.25, 0.3) is 5.69 Å². The number of rotatable bonds is 5. The standard InChI is InChI=1S/C10H14N4O5S/c1-6(10(15)12-2)13-20(18,19)9-5-7(11)3-4-8(9)14(16)17/h3-6,13H,11H2,1-2H3,(H,12,15). The molecule has 0 aliphatic rings. The van der Waals surface area contributed by atoms with Crippen molar-refractivity contribution in [2.24, 2.45) is 0 Å². The van der Waals surface area contributed by atoms with E-state index in [0.717, 1.165) is 12.1 Å². The monoisotopic (exact) mass is 302 g/mol. The molecule has 0 heterocycles. The summed E-state index contributed by atoms with van der Waals surface area (Å²) in [6.07, 6.45) is 0. The number of nitro groups is 1. The summed E-state index contributed by atoms with van der Waals surface area (Å²) in [7, 11) is -2.90. The van der Waals surface area contributed by atoms with Gasteiger partial charge in [-0.15, -0.1) is 0 Å². The van der Waals surface area contributed by atoms with Crippen LogP contribution in [0.4, 0.5) is 11.4 Å². The Balaban J connectivity index is 3.25. The molecule has 0 saturated heterocycles. The molecule has 0 aliphatic heterocycles. The molecule has 1 rings (SSSR count). The third-order valence-corrected chi connectivity index (χ3v) is 4.01. The van der Waals surface area contributed by atoms with Crippen molar-refractivity contribution >= 4 is 27.3 Å². The topological polar surface area (TPSA) is 144 Å². The minimum absolute atomic E-state index is 0.0589. The predicted octanol–water partition coefficient (Wildman–Crippen LogP) is -0.410. The van der Waals surface area contributed by atoms with E-state index in [4.69, 9.17) is 5.73 Å². The van der Waals surface area contributed by atoms with Gasteiger partial charge in [0.05, 0.1) is 11.0 Å². The van der Waals surface area contributed by atoms with Gasteiger partial charge in [-0.2, -0.15) is 4.72 Å². The number of nitrogen functional groups attached to an aromatic ring is 1. The number of amides is 1. The summed E-state index contributed by atoms with van der Waals surface area (Å²) in [5, 5.41) is 13.1. The minimum atomic E-state index is -4.25. The molecule has 20 heavy (non-hydrogen) atoms. The van der Waals surface area contributed by atoms with Crippen molar-refractivity contribution in [3.05, 3.63) is 28.3 Å². The molecule has 110 valence electrons. The largest absolute Gasteiger partial charge is 0.399 e. The molecule has 4 N–H and O–H groups in total. The van der Waals surface area contributed by atoms with Crippen LogP contribution in [-0.4, -0.2) is 32.3 Å². The fourth-order valence-electron chi connectivity index (χ4n) is 1.46. The zero-order chi connectivity index (χ0) is 15.5. The molecule has 1 aromatic rings. The van der Waals surface area contributed by atoms with Gasteiger partial charge in [0.2, 0.25) is 15.9 Å². The number of nitrogens with two attached hydrogens (primary N) is 1. The van der Waals surface area contributed by atoms with Crippen LogP contribution in [0.15, 0.2) is 23.1 Å². The average Bonchev–Trinajstić information content (AvgIpc) is 2.36. The van der Waals surface area contributed by atoms with Gasteiger partial charge in [0, 0.05) is 18.8 Å². The molecule has 1 amide bonds. The number of sulfonamides is 1. The Morgan fingerprint density at radius 1 is 1.45 bits per heavy atom. The number of likely N-dealkylation sites (N-methyl/N-ethyl adjacent to an activating group) is 1. The Hall–Kier alpha value is -2.20. The molecule has 1 aromatic carbocycles. The summed E-state index contributed by atoms with van der Waals surface area (Å²) >= 11 is 0. The van der Waals surface area contributed by atoms with Crippen LogP contribution >= 0.6 is 0 Å². The number of carbonyl (C=O) groups is 1. The molecular weight excluding hydrogens is 288 g/mol. The Morgan fingerprint density at radius 3 is 2.55 bits per heavy atom. The van der Waals surface area contributed by atoms with E-state index >= 15 is 0 Å². The van der Waals surface area contributed by atoms with Gasteiger partial charge >= 0.3 is 0 Å². The summed E-state index contributed by atoms with van der Waals surface area (Å²) in [4.78, 5) is 20.7. The molecule has 9 nitrogen and oxygen atoms in total. The Bertz CT molecular complexity index is 643. The highest BCUT2D eigenvalue weighted by Crippen LogP contribution is 2.25. The van der Waals surface area contributed by atoms with Gasteiger partial charge in [0.1, 0.15) is 0 Å². The van der Waals surface area contributed by atoms with Crippen molar-refractivity contribution in [1.29, 1.82) is 0 Å². The van der Waals surface area contributed by atoms with E-state index in [0.29, 0.717) is 0 Å². The second-order valence-corrected chi connectivity index (χ2v) is 5.62. The van der Waals surface area contributed by atoms with Crippen molar-refractivity contribution in [1.82, 2.24) is 10.0 Å². The molecule has 0 spiro atoms. The van der Waals surface area contributed by atoms with Crippen LogP contribution in [0, 0.1) is 10.1 Å². The van der Waals surface area contributed by atoms with Gasteiger partial charge in [-0.05, 0) is 19.1 Å². The van der Waals surface area contributed by atoms with Crippen LogP contribution in [0.1, 0.15) is 6.92 Å². The maximum Gasteiger partial charge on any atom is 0.289 e. The summed E-state index contributed by atoms with van der Waals surface area (Å²) in [6.45, 7) is 1.31. The number of nitro benzene ring substituents is 1. The van der Waals surface area contributed by atoms with Crippen molar-refractivity contribution in [3.63, 3.8) is 0 Å². The van der Waals surface area contributed by atoms with E-state index in [1.165, 1.54) is 20.0 Å². The summed E-state index contributed by atoms with van der Waals surface area (Å²) in [5.74, 6) is -0.569. The van der Waals surface area contributed by atoms with Crippen LogP contribution in [-0.2, 0) is 14.8 Å². The second-order valence-electron chi connectivity index (χ2n) is 3.94. The van der Waals surface area contributed by atoms with Gasteiger partial charge in [0.15, 0.2) is 4.90 Å². The molecule has 1 unspecified atom stereocenters. The van der Waals surface area contributed by atoms with Gasteiger partial charge < -0.3 is 11.1 Å². The highest BCUT2D eigenvalue weighted by molar-refractivity contribution is 7.89. The maximum atomic E-state index is 12.1. The second kappa shape index (κ2) is 5.84. The number of hydrogen-bond acceptors (Lipinski definition) is 6. The zero-order valence-corrected chi connectivity index (χ0v) is 11.6. The minimum Gasteiger partial charge on any atom is -0.399 e. The van der Waals surface area contributed by atoms with Gasteiger partial charge in [-0.25, -0.2) is 8.42 Å². The van der Waals surface area contributed by atoms with E-state index < -0.39 is 37.5 Å². The third kappa shape index (κ3) is 3.42. The first-order chi connectivity index (χ1) is 9.19. The molecule has 0 aromatic heterocycles. The highest BCUT2D eigenvalue weighted by atomic mass is 32.2. The molecular formula is C10H14N4O5S. The molecule has 1 atom stereocenters. The first-order valence-corrected chi connectivity index (χ1v) is 6.95. The van der Waals surface area contributed by atoms with Crippen LogP contribution in [0.5, 0.6) is 0 Å². The maximum absolute atomic E-state index is 12.1. The van der Waals surface area contributed by atoms with Crippen molar-refractivity contribution in [2.75, 3.05) is 12.8 Å². The first-order valence-electron chi connectivity index (χ1n) is 5.47. The van der Waals surface area contributed by atoms with Crippen LogP contribution < -0.4 is 15.8 Å². The lowest BCUT2D eigenvalue weighted by Gasteiger charge is -2.13. The van der Waals surface area contributed by atoms with Crippen LogP contribution in [0.25, 0.3) is 0 Å². The fourth-order valence-corrected chi connectivity index (χ4v) is 2.87. The molecule has 0 saturated carbocycles. The lowest BCUT2D eigenvalue weighted by Crippen LogP contribution is -2.43. The molecule has 0 aliphatic carbocycles. The number of benzene rings is 1. The normalized spacial score (nSPS) is 12.7. The number of carbonyl (C=O) groups excluding carboxylic acids is 1. The summed E-state index contributed by atoms with van der Waals surface area (Å²) < 4.78 is 26.2. The van der Waals surface area contributed by atoms with E-state index in [1.54, 1.807) is 0 Å². The predicted molar refractivity (Wildman–Crippen MR) is 71.4 cm³/mol. The zero-order valence-electron chi connectivity index (χ0n) is 10.8. The third-order valence-electron chi connectivity index (χ3n) is 2.44. The SMILES string of the molecule is CNC(=O)C(C)NS(=O)(=O)c1cc(N)ccc1[N+](=O)[O-]. The lowest BCUT2D eigenvalue weighted by atomic mass is 10.3. The van der Waals surface area contributed by atoms with Gasteiger partial charge in [-0.3, -0.25) is 14.9 Å². The van der Waals surface area contributed by atoms with E-state index in [-0.39, 0.29) is 5.69 Å². The van der Waals surface area contributed by atoms with Crippen LogP contribution in [0.3, 0.4) is 0 Å². The Morgan fingerprint density at radius 2 is 2.05 bits per heavy atom. The van der Waals surface area contributed by atoms with E-state index in [1.807, 2.05) is 4.72 Å². The lowest BCUT2D eigenvalue weighted by molar-refractivity contribution is -0.387. The average molecular weight is 302 g/mol. The quantitative estimate of drug-likeness (QED) is 0.383. The molecule has 0 radical (unpaired) electrons. The van der Waals surface area contributed by atoms with Crippen LogP contribution in [0.2, 0.25) is 0 Å². The smallest absolute Gasteiger partial charge is 0.289 e. The van der Waals surface area contributed by atoms with Crippen molar-refractivity contribution in [3.8, 4) is 0 Å². The number of nitrogens with one attached hydrogen (secondary N) is 2. The fraction of sp³-hybridized carbons (Fsp3) is 0.300. The summed E-state index contributed by atoms with van der Waals surface area (Å²) in [6, 6.07) is 2.11. The molecule has 10 heteroatoms. The number of anilines is 1. The Kier molecular flexibility index (Phi) is 4.63. The van der Waals surface area contributed by atoms with E-state index in [2.05, 4.69) is 5.32 Å².